The number of nitrogens with one attached hydrogen (secondary N) is 1. The monoisotopic (exact) mass is 289 g/mol. The molecule has 0 bridgehead atoms. The molecule has 1 N–H and O–H groups in total. The molecule has 0 aliphatic rings. The summed E-state index contributed by atoms with van der Waals surface area (Å²) in [6, 6.07) is 17.7. The van der Waals surface area contributed by atoms with Gasteiger partial charge in [-0.1, -0.05) is 30.3 Å². The topological polar surface area (TPSA) is 38.3 Å². The molecule has 106 valence electrons. The zero-order chi connectivity index (χ0) is 14.2. The van der Waals surface area contributed by atoms with Crippen LogP contribution < -0.4 is 9.46 Å². The molecule has 0 aliphatic carbocycles. The second-order valence-electron chi connectivity index (χ2n) is 4.47. The first-order chi connectivity index (χ1) is 9.78. The number of hydrogen-bond acceptors (Lipinski definition) is 2. The summed E-state index contributed by atoms with van der Waals surface area (Å²) in [7, 11) is 0.585. The lowest BCUT2D eigenvalue weighted by atomic mass is 10.1. The van der Waals surface area contributed by atoms with E-state index in [0.29, 0.717) is 5.75 Å². The van der Waals surface area contributed by atoms with Gasteiger partial charge in [-0.05, 0) is 42.7 Å². The van der Waals surface area contributed by atoms with Crippen LogP contribution in [0.1, 0.15) is 12.0 Å². The molecule has 2 aromatic carbocycles. The van der Waals surface area contributed by atoms with E-state index in [1.807, 2.05) is 42.5 Å². The van der Waals surface area contributed by atoms with E-state index in [1.54, 1.807) is 7.11 Å². The molecule has 4 heteroatoms. The Labute approximate surface area is 122 Å². The number of ether oxygens (including phenoxy) is 1. The Morgan fingerprint density at radius 2 is 1.75 bits per heavy atom. The molecule has 0 unspecified atom stereocenters. The largest absolute Gasteiger partial charge is 0.497 e. The first-order valence-corrected chi connectivity index (χ1v) is 7.93. The van der Waals surface area contributed by atoms with Gasteiger partial charge in [-0.15, -0.1) is 0 Å². The molecule has 3 nitrogen and oxygen atoms in total. The van der Waals surface area contributed by atoms with Gasteiger partial charge in [0.2, 0.25) is 0 Å². The highest BCUT2D eigenvalue weighted by Crippen LogP contribution is 2.15. The van der Waals surface area contributed by atoms with Crippen LogP contribution in [0.3, 0.4) is 0 Å². The maximum absolute atomic E-state index is 11.9. The van der Waals surface area contributed by atoms with Crippen molar-refractivity contribution in [3.05, 3.63) is 60.2 Å². The highest BCUT2D eigenvalue weighted by molar-refractivity contribution is 7.86. The molecule has 0 radical (unpaired) electrons. The summed E-state index contributed by atoms with van der Waals surface area (Å²) in [5, 5.41) is 0. The van der Waals surface area contributed by atoms with Crippen LogP contribution in [0, 0.1) is 0 Å². The first kappa shape index (κ1) is 14.6. The van der Waals surface area contributed by atoms with Crippen LogP contribution in [0.25, 0.3) is 0 Å². The predicted molar refractivity (Wildman–Crippen MR) is 84.4 cm³/mol. The van der Waals surface area contributed by atoms with Gasteiger partial charge >= 0.3 is 0 Å². The van der Waals surface area contributed by atoms with Crippen molar-refractivity contribution in [3.8, 4) is 5.75 Å². The zero-order valence-corrected chi connectivity index (χ0v) is 12.4. The Hall–Kier alpha value is -1.81. The summed E-state index contributed by atoms with van der Waals surface area (Å²) in [5.41, 5.74) is 2.14. The highest BCUT2D eigenvalue weighted by Gasteiger charge is 2.01. The normalized spacial score (nSPS) is 11.8. The van der Waals surface area contributed by atoms with E-state index in [9.17, 15) is 4.21 Å². The van der Waals surface area contributed by atoms with Gasteiger partial charge in [0.15, 0.2) is 0 Å². The number of aryl methyl sites for hydroxylation is 1. The molecule has 1 atom stereocenters. The molecule has 20 heavy (non-hydrogen) atoms. The van der Waals surface area contributed by atoms with Gasteiger partial charge in [-0.25, -0.2) is 4.21 Å². The molecule has 0 saturated heterocycles. The van der Waals surface area contributed by atoms with Crippen molar-refractivity contribution in [1.82, 2.24) is 0 Å². The second kappa shape index (κ2) is 7.70. The smallest absolute Gasteiger partial charge is 0.119 e. The standard InChI is InChI=1S/C16H19NO2S/c1-19-16-11-9-15(10-12-16)17-20(18)13-5-8-14-6-3-2-4-7-14/h2-4,6-7,9-12,17H,5,8,13H2,1H3/t20-/m1/s1. The van der Waals surface area contributed by atoms with Crippen LogP contribution in [0.15, 0.2) is 54.6 Å². The Morgan fingerprint density at radius 1 is 1.05 bits per heavy atom. The summed E-state index contributed by atoms with van der Waals surface area (Å²) in [4.78, 5) is 0. The lowest BCUT2D eigenvalue weighted by Gasteiger charge is -2.07. The van der Waals surface area contributed by atoms with Crippen molar-refractivity contribution in [3.63, 3.8) is 0 Å². The molecular formula is C16H19NO2S. The lowest BCUT2D eigenvalue weighted by Crippen LogP contribution is -2.09. The summed E-state index contributed by atoms with van der Waals surface area (Å²) < 4.78 is 20.0. The van der Waals surface area contributed by atoms with Gasteiger partial charge in [-0.3, -0.25) is 0 Å². The summed E-state index contributed by atoms with van der Waals surface area (Å²) in [6.07, 6.45) is 1.86. The number of rotatable bonds is 7. The van der Waals surface area contributed by atoms with Crippen molar-refractivity contribution in [2.24, 2.45) is 0 Å². The Bertz CT molecular complexity index is 540. The quantitative estimate of drug-likeness (QED) is 0.848. The van der Waals surface area contributed by atoms with Crippen LogP contribution in [0.5, 0.6) is 5.75 Å². The van der Waals surface area contributed by atoms with Gasteiger partial charge in [-0.2, -0.15) is 0 Å². The van der Waals surface area contributed by atoms with Crippen LogP contribution in [-0.2, 0) is 17.4 Å². The molecule has 0 saturated carbocycles. The van der Waals surface area contributed by atoms with Crippen LogP contribution in [0.2, 0.25) is 0 Å². The van der Waals surface area contributed by atoms with Crippen molar-refractivity contribution in [2.45, 2.75) is 12.8 Å². The molecule has 0 fully saturated rings. The van der Waals surface area contributed by atoms with E-state index in [-0.39, 0.29) is 0 Å². The summed E-state index contributed by atoms with van der Waals surface area (Å²) >= 11 is 0. The van der Waals surface area contributed by atoms with Crippen molar-refractivity contribution < 1.29 is 8.95 Å². The molecule has 0 spiro atoms. The minimum atomic E-state index is -1.04. The van der Waals surface area contributed by atoms with Crippen LogP contribution in [-0.4, -0.2) is 17.1 Å². The van der Waals surface area contributed by atoms with Gasteiger partial charge in [0.05, 0.1) is 7.11 Å². The highest BCUT2D eigenvalue weighted by atomic mass is 32.2. The van der Waals surface area contributed by atoms with Crippen molar-refractivity contribution in [1.29, 1.82) is 0 Å². The van der Waals surface area contributed by atoms with Crippen LogP contribution >= 0.6 is 0 Å². The van der Waals surface area contributed by atoms with Gasteiger partial charge in [0, 0.05) is 11.4 Å². The average molecular weight is 289 g/mol. The fourth-order valence-electron chi connectivity index (χ4n) is 1.89. The number of benzene rings is 2. The minimum Gasteiger partial charge on any atom is -0.497 e. The SMILES string of the molecule is COc1ccc(N[S@](=O)CCCc2ccccc2)cc1. The molecule has 0 heterocycles. The third kappa shape index (κ3) is 4.70. The number of methoxy groups -OCH3 is 1. The molecule has 0 aliphatic heterocycles. The number of hydrogen-bond donors (Lipinski definition) is 1. The second-order valence-corrected chi connectivity index (χ2v) is 5.77. The van der Waals surface area contributed by atoms with Gasteiger partial charge in [0.1, 0.15) is 16.7 Å². The Balaban J connectivity index is 1.74. The van der Waals surface area contributed by atoms with Gasteiger partial charge < -0.3 is 9.46 Å². The number of anilines is 1. The molecule has 2 aromatic rings. The van der Waals surface area contributed by atoms with Gasteiger partial charge in [0.25, 0.3) is 0 Å². The van der Waals surface area contributed by atoms with E-state index in [2.05, 4.69) is 16.9 Å². The van der Waals surface area contributed by atoms with Crippen molar-refractivity contribution >= 4 is 16.7 Å². The van der Waals surface area contributed by atoms with E-state index in [0.717, 1.165) is 24.3 Å². The van der Waals surface area contributed by atoms with E-state index in [4.69, 9.17) is 4.74 Å². The Morgan fingerprint density at radius 3 is 2.40 bits per heavy atom. The van der Waals surface area contributed by atoms with Crippen LogP contribution in [0.4, 0.5) is 5.69 Å². The molecule has 0 amide bonds. The maximum Gasteiger partial charge on any atom is 0.119 e. The molecule has 2 rings (SSSR count). The minimum absolute atomic E-state index is 0.640. The van der Waals surface area contributed by atoms with E-state index >= 15 is 0 Å². The molecule has 0 aromatic heterocycles. The third-order valence-electron chi connectivity index (χ3n) is 2.96. The third-order valence-corrected chi connectivity index (χ3v) is 4.08. The summed E-state index contributed by atoms with van der Waals surface area (Å²) in [6.45, 7) is 0. The maximum atomic E-state index is 11.9. The molecular weight excluding hydrogens is 270 g/mol. The average Bonchev–Trinajstić information content (AvgIpc) is 2.49. The predicted octanol–water partition coefficient (Wildman–Crippen LogP) is 3.40. The van der Waals surface area contributed by atoms with E-state index in [1.165, 1.54) is 5.56 Å². The Kier molecular flexibility index (Phi) is 5.62. The zero-order valence-electron chi connectivity index (χ0n) is 11.5. The summed E-state index contributed by atoms with van der Waals surface area (Å²) in [5.74, 6) is 1.44. The van der Waals surface area contributed by atoms with Crippen molar-refractivity contribution in [2.75, 3.05) is 17.6 Å². The first-order valence-electron chi connectivity index (χ1n) is 6.61. The lowest BCUT2D eigenvalue weighted by molar-refractivity contribution is 0.415. The fraction of sp³-hybridized carbons (Fsp3) is 0.250. The van der Waals surface area contributed by atoms with E-state index < -0.39 is 11.0 Å². The fourth-order valence-corrected chi connectivity index (χ4v) is 2.80.